The number of aliphatic hydroxyl groups is 1. The maximum Gasteiger partial charge on any atom is 0.374 e. The van der Waals surface area contributed by atoms with Crippen molar-refractivity contribution in [1.29, 1.82) is 0 Å². The summed E-state index contributed by atoms with van der Waals surface area (Å²) in [6.07, 6.45) is 0.724. The van der Waals surface area contributed by atoms with Gasteiger partial charge in [-0.05, 0) is 18.1 Å². The van der Waals surface area contributed by atoms with Gasteiger partial charge in [-0.15, -0.1) is 0 Å². The van der Waals surface area contributed by atoms with E-state index in [4.69, 9.17) is 18.5 Å². The van der Waals surface area contributed by atoms with E-state index >= 15 is 0 Å². The minimum Gasteiger partial charge on any atom is -0.457 e. The standard InChI is InChI=1S/C20H23F2NO10P2/c1-2-3-6-17(24)31-12-30-14-8-15(21)18(16(22)9-14)19-32-34(26,27)20(25,35(28,29)33-19)10-13-5-4-7-23-11-13/h4-5,7-9,11,19,25H,2-3,6,10,12H2,1H3,(H,26,27)(H,28,29). The minimum absolute atomic E-state index is 0.0958. The first-order valence-electron chi connectivity index (χ1n) is 10.3. The Labute approximate surface area is 198 Å². The molecule has 192 valence electrons. The molecule has 0 spiro atoms. The minimum atomic E-state index is -5.44. The third-order valence-electron chi connectivity index (χ3n) is 5.01. The van der Waals surface area contributed by atoms with Gasteiger partial charge in [-0.2, -0.15) is 0 Å². The van der Waals surface area contributed by atoms with Crippen LogP contribution in [0.4, 0.5) is 8.78 Å². The van der Waals surface area contributed by atoms with Gasteiger partial charge in [0, 0.05) is 37.4 Å². The highest BCUT2D eigenvalue weighted by molar-refractivity contribution is 7.73. The molecule has 0 saturated carbocycles. The van der Waals surface area contributed by atoms with E-state index in [0.717, 1.165) is 6.42 Å². The first-order chi connectivity index (χ1) is 16.4. The quantitative estimate of drug-likeness (QED) is 0.243. The molecule has 0 bridgehead atoms. The fraction of sp³-hybridized carbons (Fsp3) is 0.400. The molecule has 1 aromatic heterocycles. The normalized spacial score (nSPS) is 28.5. The third-order valence-corrected chi connectivity index (χ3v) is 9.61. The molecule has 1 saturated heterocycles. The number of halogens is 2. The summed E-state index contributed by atoms with van der Waals surface area (Å²) in [5, 5.41) is 7.35. The summed E-state index contributed by atoms with van der Waals surface area (Å²) in [4.78, 5) is 35.9. The Morgan fingerprint density at radius 3 is 2.37 bits per heavy atom. The third kappa shape index (κ3) is 5.95. The van der Waals surface area contributed by atoms with Gasteiger partial charge in [0.15, 0.2) is 0 Å². The van der Waals surface area contributed by atoms with Gasteiger partial charge < -0.3 is 24.4 Å². The van der Waals surface area contributed by atoms with Crippen molar-refractivity contribution in [3.05, 3.63) is 59.4 Å². The highest BCUT2D eigenvalue weighted by Crippen LogP contribution is 2.79. The highest BCUT2D eigenvalue weighted by Gasteiger charge is 2.67. The van der Waals surface area contributed by atoms with E-state index in [1.54, 1.807) is 0 Å². The lowest BCUT2D eigenvalue weighted by molar-refractivity contribution is -0.150. The Hall–Kier alpha value is -2.24. The first kappa shape index (κ1) is 27.3. The molecule has 3 N–H and O–H groups in total. The van der Waals surface area contributed by atoms with Crippen LogP contribution in [0.2, 0.25) is 0 Å². The van der Waals surface area contributed by atoms with Gasteiger partial charge in [0.25, 0.3) is 5.08 Å². The lowest BCUT2D eigenvalue weighted by Gasteiger charge is -2.41. The number of carbonyl (C=O) groups is 1. The number of benzene rings is 1. The fourth-order valence-corrected chi connectivity index (χ4v) is 6.66. The molecule has 15 heteroatoms. The average molecular weight is 537 g/mol. The number of esters is 1. The molecule has 1 aromatic carbocycles. The summed E-state index contributed by atoms with van der Waals surface area (Å²) in [6.45, 7) is 1.25. The smallest absolute Gasteiger partial charge is 0.374 e. The van der Waals surface area contributed by atoms with Crippen molar-refractivity contribution in [1.82, 2.24) is 4.98 Å². The van der Waals surface area contributed by atoms with Crippen LogP contribution in [0, 0.1) is 11.6 Å². The van der Waals surface area contributed by atoms with E-state index in [2.05, 4.69) is 4.98 Å². The van der Waals surface area contributed by atoms with Gasteiger partial charge in [-0.25, -0.2) is 8.78 Å². The molecule has 35 heavy (non-hydrogen) atoms. The summed E-state index contributed by atoms with van der Waals surface area (Å²) < 4.78 is 74.2. The van der Waals surface area contributed by atoms with Crippen molar-refractivity contribution >= 4 is 21.2 Å². The maximum absolute atomic E-state index is 14.7. The van der Waals surface area contributed by atoms with Crippen LogP contribution < -0.4 is 4.74 Å². The SMILES string of the molecule is CCCCC(=O)OCOc1cc(F)c(C2OP(=O)(O)C(O)(Cc3cccnc3)P(=O)(O)O2)c(F)c1. The van der Waals surface area contributed by atoms with Crippen molar-refractivity contribution in [2.24, 2.45) is 0 Å². The summed E-state index contributed by atoms with van der Waals surface area (Å²) in [6, 6.07) is 4.03. The van der Waals surface area contributed by atoms with Crippen LogP contribution in [0.25, 0.3) is 0 Å². The van der Waals surface area contributed by atoms with Gasteiger partial charge in [-0.1, -0.05) is 19.4 Å². The van der Waals surface area contributed by atoms with Crippen LogP contribution in [-0.4, -0.2) is 37.7 Å². The largest absolute Gasteiger partial charge is 0.457 e. The Morgan fingerprint density at radius 1 is 1.20 bits per heavy atom. The van der Waals surface area contributed by atoms with E-state index in [1.807, 2.05) is 6.92 Å². The summed E-state index contributed by atoms with van der Waals surface area (Å²) in [5.41, 5.74) is -1.01. The molecule has 1 fully saturated rings. The highest BCUT2D eigenvalue weighted by atomic mass is 31.2. The van der Waals surface area contributed by atoms with E-state index in [0.29, 0.717) is 18.6 Å². The Bertz CT molecular complexity index is 1120. The number of pyridine rings is 1. The zero-order valence-corrected chi connectivity index (χ0v) is 20.2. The van der Waals surface area contributed by atoms with Crippen molar-refractivity contribution in [2.45, 2.75) is 44.0 Å². The molecule has 3 rings (SSSR count). The van der Waals surface area contributed by atoms with Gasteiger partial charge in [0.2, 0.25) is 13.1 Å². The monoisotopic (exact) mass is 537 g/mol. The maximum atomic E-state index is 14.7. The number of carbonyl (C=O) groups excluding carboxylic acids is 1. The van der Waals surface area contributed by atoms with E-state index in [1.165, 1.54) is 24.5 Å². The second kappa shape index (κ2) is 10.8. The van der Waals surface area contributed by atoms with Crippen LogP contribution in [0.1, 0.15) is 43.6 Å². The average Bonchev–Trinajstić information content (AvgIpc) is 2.76. The molecule has 1 aliphatic rings. The Balaban J connectivity index is 1.79. The van der Waals surface area contributed by atoms with Crippen LogP contribution in [-0.2, 0) is 34.1 Å². The van der Waals surface area contributed by atoms with Crippen molar-refractivity contribution in [3.63, 3.8) is 0 Å². The van der Waals surface area contributed by atoms with Crippen LogP contribution in [0.15, 0.2) is 36.7 Å². The molecule has 11 nitrogen and oxygen atoms in total. The summed E-state index contributed by atoms with van der Waals surface area (Å²) in [7, 11) is -10.9. The fourth-order valence-electron chi connectivity index (χ4n) is 3.12. The van der Waals surface area contributed by atoms with E-state index in [-0.39, 0.29) is 12.0 Å². The molecule has 2 unspecified atom stereocenters. The van der Waals surface area contributed by atoms with Crippen LogP contribution in [0.3, 0.4) is 0 Å². The van der Waals surface area contributed by atoms with Crippen LogP contribution in [0.5, 0.6) is 5.75 Å². The van der Waals surface area contributed by atoms with Gasteiger partial charge in [0.05, 0.1) is 5.56 Å². The molecule has 0 radical (unpaired) electrons. The molecule has 2 heterocycles. The zero-order valence-electron chi connectivity index (χ0n) is 18.4. The second-order valence-electron chi connectivity index (χ2n) is 7.58. The number of ether oxygens (including phenoxy) is 2. The first-order valence-corrected chi connectivity index (χ1v) is 13.5. The van der Waals surface area contributed by atoms with Crippen molar-refractivity contribution < 1.29 is 56.1 Å². The molecule has 1 aliphatic heterocycles. The topological polar surface area (TPSA) is 162 Å². The predicted octanol–water partition coefficient (Wildman–Crippen LogP) is 3.73. The molecular weight excluding hydrogens is 514 g/mol. The van der Waals surface area contributed by atoms with Crippen molar-refractivity contribution in [2.75, 3.05) is 6.79 Å². The second-order valence-corrected chi connectivity index (χ2v) is 11.9. The van der Waals surface area contributed by atoms with Crippen LogP contribution >= 0.6 is 15.2 Å². The molecule has 2 aromatic rings. The molecule has 2 atom stereocenters. The van der Waals surface area contributed by atoms with E-state index in [9.17, 15) is 37.6 Å². The summed E-state index contributed by atoms with van der Waals surface area (Å²) >= 11 is 0. The molecule has 0 aliphatic carbocycles. The molecule has 0 amide bonds. The zero-order chi connectivity index (χ0) is 25.9. The van der Waals surface area contributed by atoms with Gasteiger partial charge in [0.1, 0.15) is 17.4 Å². The van der Waals surface area contributed by atoms with Crippen molar-refractivity contribution in [3.8, 4) is 5.75 Å². The number of hydrogen-bond acceptors (Lipinski definition) is 9. The lowest BCUT2D eigenvalue weighted by Crippen LogP contribution is -2.38. The number of rotatable bonds is 9. The predicted molar refractivity (Wildman–Crippen MR) is 115 cm³/mol. The molecular formula is C20H23F2NO10P2. The van der Waals surface area contributed by atoms with Gasteiger partial charge in [-0.3, -0.25) is 28.0 Å². The number of unbranched alkanes of at least 4 members (excludes halogenated alkanes) is 1. The Morgan fingerprint density at radius 2 is 1.83 bits per heavy atom. The van der Waals surface area contributed by atoms with E-state index < -0.39 is 68.7 Å². The Kier molecular flexibility index (Phi) is 8.44. The number of nitrogens with zero attached hydrogens (tertiary/aromatic N) is 1. The number of hydrogen-bond donors (Lipinski definition) is 3. The van der Waals surface area contributed by atoms with Gasteiger partial charge >= 0.3 is 21.2 Å². The lowest BCUT2D eigenvalue weighted by atomic mass is 10.2. The summed E-state index contributed by atoms with van der Waals surface area (Å²) in [5.74, 6) is -3.81. The number of aromatic nitrogens is 1.